The van der Waals surface area contributed by atoms with Crippen LogP contribution < -0.4 is 11.1 Å². The Morgan fingerprint density at radius 2 is 2.20 bits per heavy atom. The highest BCUT2D eigenvalue weighted by Crippen LogP contribution is 2.21. The number of aryl methyl sites for hydroxylation is 1. The van der Waals surface area contributed by atoms with E-state index in [0.717, 1.165) is 0 Å². The van der Waals surface area contributed by atoms with Crippen LogP contribution in [-0.2, 0) is 0 Å². The summed E-state index contributed by atoms with van der Waals surface area (Å²) < 4.78 is 5.13. The van der Waals surface area contributed by atoms with Crippen molar-refractivity contribution in [3.63, 3.8) is 0 Å². The maximum atomic E-state index is 12.2. The average molecular weight is 274 g/mol. The molecule has 0 saturated heterocycles. The summed E-state index contributed by atoms with van der Waals surface area (Å²) in [5.41, 5.74) is 6.68. The van der Waals surface area contributed by atoms with Gasteiger partial charge in [-0.3, -0.25) is 4.79 Å². The zero-order valence-corrected chi connectivity index (χ0v) is 11.6. The Hall–Kier alpha value is -2.21. The minimum atomic E-state index is -0.170. The molecule has 0 spiro atoms. The van der Waals surface area contributed by atoms with Gasteiger partial charge in [0.15, 0.2) is 5.82 Å². The summed E-state index contributed by atoms with van der Waals surface area (Å²) in [6.45, 7) is 4.78. The molecule has 106 valence electrons. The zero-order chi connectivity index (χ0) is 14.5. The molecule has 2 aromatic rings. The van der Waals surface area contributed by atoms with Crippen LogP contribution >= 0.6 is 0 Å². The van der Waals surface area contributed by atoms with Crippen LogP contribution in [-0.4, -0.2) is 29.1 Å². The molecule has 1 unspecified atom stereocenters. The summed E-state index contributed by atoms with van der Waals surface area (Å²) >= 11 is 0. The molecule has 2 rings (SSSR count). The summed E-state index contributed by atoms with van der Waals surface area (Å²) in [6, 6.07) is 7.15. The van der Waals surface area contributed by atoms with E-state index in [2.05, 4.69) is 15.5 Å². The SMILES string of the molecule is Cc1noc(-c2ccccc2C(=O)NCC(C)CN)n1. The third-order valence-corrected chi connectivity index (χ3v) is 2.94. The van der Waals surface area contributed by atoms with E-state index in [1.54, 1.807) is 25.1 Å². The van der Waals surface area contributed by atoms with E-state index in [1.807, 2.05) is 13.0 Å². The standard InChI is InChI=1S/C14H18N4O2/c1-9(7-15)8-16-13(19)11-5-3-4-6-12(11)14-17-10(2)18-20-14/h3-6,9H,7-8,15H2,1-2H3,(H,16,19). The second kappa shape index (κ2) is 6.29. The summed E-state index contributed by atoms with van der Waals surface area (Å²) in [7, 11) is 0. The highest BCUT2D eigenvalue weighted by atomic mass is 16.5. The fourth-order valence-corrected chi connectivity index (χ4v) is 1.72. The van der Waals surface area contributed by atoms with Crippen molar-refractivity contribution >= 4 is 5.91 Å². The number of carbonyl (C=O) groups excluding carboxylic acids is 1. The van der Waals surface area contributed by atoms with Crippen molar-refractivity contribution in [2.45, 2.75) is 13.8 Å². The molecular formula is C14H18N4O2. The summed E-state index contributed by atoms with van der Waals surface area (Å²) in [4.78, 5) is 16.4. The fourth-order valence-electron chi connectivity index (χ4n) is 1.72. The van der Waals surface area contributed by atoms with Crippen LogP contribution in [0.25, 0.3) is 11.5 Å². The molecule has 0 aliphatic heterocycles. The molecule has 6 nitrogen and oxygen atoms in total. The smallest absolute Gasteiger partial charge is 0.258 e. The van der Waals surface area contributed by atoms with Crippen molar-refractivity contribution in [3.05, 3.63) is 35.7 Å². The van der Waals surface area contributed by atoms with E-state index < -0.39 is 0 Å². The first-order valence-corrected chi connectivity index (χ1v) is 6.49. The Morgan fingerprint density at radius 1 is 1.45 bits per heavy atom. The molecule has 3 N–H and O–H groups in total. The number of amides is 1. The molecule has 0 fully saturated rings. The minimum Gasteiger partial charge on any atom is -0.352 e. The molecule has 1 amide bonds. The van der Waals surface area contributed by atoms with Crippen molar-refractivity contribution in [1.29, 1.82) is 0 Å². The lowest BCUT2D eigenvalue weighted by Gasteiger charge is -2.11. The number of nitrogens with one attached hydrogen (secondary N) is 1. The third-order valence-electron chi connectivity index (χ3n) is 2.94. The Balaban J connectivity index is 2.22. The van der Waals surface area contributed by atoms with Crippen molar-refractivity contribution in [3.8, 4) is 11.5 Å². The summed E-state index contributed by atoms with van der Waals surface area (Å²) in [6.07, 6.45) is 0. The first-order chi connectivity index (χ1) is 9.61. The normalized spacial score (nSPS) is 12.2. The number of hydrogen-bond donors (Lipinski definition) is 2. The first-order valence-electron chi connectivity index (χ1n) is 6.49. The predicted molar refractivity (Wildman–Crippen MR) is 75.0 cm³/mol. The maximum absolute atomic E-state index is 12.2. The highest BCUT2D eigenvalue weighted by Gasteiger charge is 2.16. The molecule has 1 aromatic heterocycles. The average Bonchev–Trinajstić information content (AvgIpc) is 2.90. The fraction of sp³-hybridized carbons (Fsp3) is 0.357. The van der Waals surface area contributed by atoms with Gasteiger partial charge in [-0.2, -0.15) is 4.98 Å². The van der Waals surface area contributed by atoms with Gasteiger partial charge in [0.05, 0.1) is 11.1 Å². The molecule has 1 atom stereocenters. The van der Waals surface area contributed by atoms with Crippen LogP contribution in [0.5, 0.6) is 0 Å². The van der Waals surface area contributed by atoms with Crippen molar-refractivity contribution in [1.82, 2.24) is 15.5 Å². The van der Waals surface area contributed by atoms with Gasteiger partial charge in [0, 0.05) is 6.54 Å². The van der Waals surface area contributed by atoms with Gasteiger partial charge >= 0.3 is 0 Å². The molecule has 6 heteroatoms. The Kier molecular flexibility index (Phi) is 4.47. The van der Waals surface area contributed by atoms with Gasteiger partial charge in [-0.25, -0.2) is 0 Å². The molecule has 0 saturated carbocycles. The van der Waals surface area contributed by atoms with E-state index in [0.29, 0.717) is 35.9 Å². The van der Waals surface area contributed by atoms with Gasteiger partial charge in [-0.15, -0.1) is 0 Å². The number of nitrogens with zero attached hydrogens (tertiary/aromatic N) is 2. The van der Waals surface area contributed by atoms with E-state index in [9.17, 15) is 4.79 Å². The summed E-state index contributed by atoms with van der Waals surface area (Å²) in [5.74, 6) is 0.945. The van der Waals surface area contributed by atoms with Crippen LogP contribution in [0.4, 0.5) is 0 Å². The van der Waals surface area contributed by atoms with E-state index in [1.165, 1.54) is 0 Å². The first kappa shape index (κ1) is 14.2. The maximum Gasteiger partial charge on any atom is 0.258 e. The summed E-state index contributed by atoms with van der Waals surface area (Å²) in [5, 5.41) is 6.60. The number of nitrogens with two attached hydrogens (primary N) is 1. The van der Waals surface area contributed by atoms with Crippen LogP contribution in [0.3, 0.4) is 0 Å². The highest BCUT2D eigenvalue weighted by molar-refractivity contribution is 5.99. The second-order valence-corrected chi connectivity index (χ2v) is 4.74. The number of rotatable bonds is 5. The Bertz CT molecular complexity index is 594. The van der Waals surface area contributed by atoms with E-state index in [-0.39, 0.29) is 11.8 Å². The molecular weight excluding hydrogens is 256 g/mol. The van der Waals surface area contributed by atoms with Gasteiger partial charge in [-0.05, 0) is 31.5 Å². The van der Waals surface area contributed by atoms with Crippen molar-refractivity contribution < 1.29 is 9.32 Å². The lowest BCUT2D eigenvalue weighted by Crippen LogP contribution is -2.31. The molecule has 0 radical (unpaired) electrons. The number of carbonyl (C=O) groups is 1. The van der Waals surface area contributed by atoms with Crippen LogP contribution in [0.1, 0.15) is 23.1 Å². The van der Waals surface area contributed by atoms with E-state index in [4.69, 9.17) is 10.3 Å². The van der Waals surface area contributed by atoms with Gasteiger partial charge in [-0.1, -0.05) is 24.2 Å². The lowest BCUT2D eigenvalue weighted by atomic mass is 10.1. The topological polar surface area (TPSA) is 94.0 Å². The Morgan fingerprint density at radius 3 is 2.85 bits per heavy atom. The minimum absolute atomic E-state index is 0.170. The Labute approximate surface area is 117 Å². The number of aromatic nitrogens is 2. The lowest BCUT2D eigenvalue weighted by molar-refractivity contribution is 0.0949. The van der Waals surface area contributed by atoms with Gasteiger partial charge in [0.2, 0.25) is 0 Å². The van der Waals surface area contributed by atoms with E-state index >= 15 is 0 Å². The molecule has 20 heavy (non-hydrogen) atoms. The molecule has 0 aliphatic rings. The second-order valence-electron chi connectivity index (χ2n) is 4.74. The molecule has 0 bridgehead atoms. The van der Waals surface area contributed by atoms with Gasteiger partial charge in [0.25, 0.3) is 11.8 Å². The number of benzene rings is 1. The third kappa shape index (κ3) is 3.21. The number of hydrogen-bond acceptors (Lipinski definition) is 5. The van der Waals surface area contributed by atoms with Gasteiger partial charge in [0.1, 0.15) is 0 Å². The van der Waals surface area contributed by atoms with Gasteiger partial charge < -0.3 is 15.6 Å². The van der Waals surface area contributed by atoms with Crippen molar-refractivity contribution in [2.24, 2.45) is 11.7 Å². The molecule has 1 heterocycles. The van der Waals surface area contributed by atoms with Crippen LogP contribution in [0, 0.1) is 12.8 Å². The predicted octanol–water partition coefficient (Wildman–Crippen LogP) is 1.37. The molecule has 0 aliphatic carbocycles. The quantitative estimate of drug-likeness (QED) is 0.858. The van der Waals surface area contributed by atoms with Crippen LogP contribution in [0.15, 0.2) is 28.8 Å². The monoisotopic (exact) mass is 274 g/mol. The van der Waals surface area contributed by atoms with Crippen LogP contribution in [0.2, 0.25) is 0 Å². The zero-order valence-electron chi connectivity index (χ0n) is 11.6. The molecule has 1 aromatic carbocycles. The van der Waals surface area contributed by atoms with Crippen molar-refractivity contribution in [2.75, 3.05) is 13.1 Å². The largest absolute Gasteiger partial charge is 0.352 e.